The molecule has 1 unspecified atom stereocenters. The summed E-state index contributed by atoms with van der Waals surface area (Å²) in [7, 11) is 0. The van der Waals surface area contributed by atoms with E-state index >= 15 is 0 Å². The number of hydrogen-bond acceptors (Lipinski definition) is 11. The molecule has 2 heterocycles. The van der Waals surface area contributed by atoms with Crippen molar-refractivity contribution in [3.63, 3.8) is 0 Å². The van der Waals surface area contributed by atoms with Crippen molar-refractivity contribution in [1.29, 1.82) is 0 Å². The molecule has 41 heavy (non-hydrogen) atoms. The summed E-state index contributed by atoms with van der Waals surface area (Å²) in [5.41, 5.74) is 0.801. The van der Waals surface area contributed by atoms with E-state index in [2.05, 4.69) is 17.9 Å². The Morgan fingerprint density at radius 2 is 1.41 bits per heavy atom. The molecule has 218 valence electrons. The van der Waals surface area contributed by atoms with Crippen LogP contribution in [0.4, 0.5) is 16.2 Å². The lowest BCUT2D eigenvalue weighted by Gasteiger charge is -2.34. The Hall–Kier alpha value is -4.24. The number of non-ortho nitro benzene ring substituents is 2. The zero-order valence-electron chi connectivity index (χ0n) is 22.1. The number of esters is 1. The molecule has 0 spiro atoms. The Morgan fingerprint density at radius 1 is 0.927 bits per heavy atom. The van der Waals surface area contributed by atoms with Gasteiger partial charge in [-0.1, -0.05) is 6.92 Å². The van der Waals surface area contributed by atoms with Crippen molar-refractivity contribution in [2.75, 3.05) is 32.7 Å². The highest BCUT2D eigenvalue weighted by Crippen LogP contribution is 2.41. The number of nitrogens with one attached hydrogen (secondary N) is 1. The number of carbonyl (C=O) groups is 3. The lowest BCUT2D eigenvalue weighted by molar-refractivity contribution is -0.385. The lowest BCUT2D eigenvalue weighted by atomic mass is 9.90. The smallest absolute Gasteiger partial charge is 0.410 e. The number of nitro benzene ring substituents is 2. The first-order valence-corrected chi connectivity index (χ1v) is 13.2. The predicted molar refractivity (Wildman–Crippen MR) is 147 cm³/mol. The number of piperazine rings is 1. The van der Waals surface area contributed by atoms with Crippen LogP contribution in [-0.4, -0.2) is 81.1 Å². The standard InChI is InChI=1S/C26H29N5O9S/c1-17-22(23(32)28-12-10-27-11-13-28)29(25(34)40-15-19-4-8-21(9-5-19)31(37)38)16-26(17,41)24(33)39-14-18-2-6-20(7-3-18)30(35)36/h2-9,17,22,27,41H,10-16H2,1H3/t17?,22-,26+/m0/s1. The molecule has 4 rings (SSSR count). The van der Waals surface area contributed by atoms with Crippen molar-refractivity contribution in [2.45, 2.75) is 30.9 Å². The van der Waals surface area contributed by atoms with Gasteiger partial charge in [0.05, 0.1) is 16.4 Å². The average Bonchev–Trinajstić information content (AvgIpc) is 3.26. The number of thiol groups is 1. The highest BCUT2D eigenvalue weighted by Gasteiger charge is 2.59. The summed E-state index contributed by atoms with van der Waals surface area (Å²) in [5.74, 6) is -1.86. The minimum absolute atomic E-state index is 0.104. The van der Waals surface area contributed by atoms with E-state index in [9.17, 15) is 34.6 Å². The maximum atomic E-state index is 13.6. The van der Waals surface area contributed by atoms with Gasteiger partial charge in [0.25, 0.3) is 11.4 Å². The van der Waals surface area contributed by atoms with Crippen molar-refractivity contribution < 1.29 is 33.7 Å². The first-order valence-electron chi connectivity index (χ1n) is 12.8. The summed E-state index contributed by atoms with van der Waals surface area (Å²) in [6.07, 6.45) is -0.845. The molecule has 14 nitrogen and oxygen atoms in total. The molecule has 1 N–H and O–H groups in total. The van der Waals surface area contributed by atoms with Gasteiger partial charge in [0.1, 0.15) is 24.0 Å². The van der Waals surface area contributed by atoms with Crippen LogP contribution in [0.3, 0.4) is 0 Å². The Bertz CT molecular complexity index is 1320. The lowest BCUT2D eigenvalue weighted by Crippen LogP contribution is -2.55. The van der Waals surface area contributed by atoms with Crippen molar-refractivity contribution in [1.82, 2.24) is 15.1 Å². The van der Waals surface area contributed by atoms with Gasteiger partial charge < -0.3 is 19.7 Å². The van der Waals surface area contributed by atoms with Gasteiger partial charge in [-0.15, -0.1) is 0 Å². The molecule has 0 bridgehead atoms. The number of carbonyl (C=O) groups excluding carboxylic acids is 3. The van der Waals surface area contributed by atoms with E-state index in [1.54, 1.807) is 11.8 Å². The van der Waals surface area contributed by atoms with Gasteiger partial charge in [-0.2, -0.15) is 12.6 Å². The van der Waals surface area contributed by atoms with E-state index in [0.29, 0.717) is 37.3 Å². The monoisotopic (exact) mass is 587 g/mol. The highest BCUT2D eigenvalue weighted by molar-refractivity contribution is 7.82. The third-order valence-corrected chi connectivity index (χ3v) is 8.00. The maximum absolute atomic E-state index is 13.6. The molecule has 0 aliphatic carbocycles. The molecule has 0 saturated carbocycles. The van der Waals surface area contributed by atoms with Crippen LogP contribution in [0.2, 0.25) is 0 Å². The topological polar surface area (TPSA) is 174 Å². The fourth-order valence-electron chi connectivity index (χ4n) is 4.81. The molecule has 2 fully saturated rings. The van der Waals surface area contributed by atoms with Crippen molar-refractivity contribution in [2.24, 2.45) is 5.92 Å². The molecular weight excluding hydrogens is 558 g/mol. The number of likely N-dealkylation sites (tertiary alicyclic amines) is 1. The van der Waals surface area contributed by atoms with Crippen LogP contribution in [0.25, 0.3) is 0 Å². The third-order valence-electron chi connectivity index (χ3n) is 7.27. The summed E-state index contributed by atoms with van der Waals surface area (Å²) >= 11 is 4.64. The van der Waals surface area contributed by atoms with Crippen molar-refractivity contribution in [3.8, 4) is 0 Å². The second-order valence-corrected chi connectivity index (χ2v) is 10.6. The van der Waals surface area contributed by atoms with Gasteiger partial charge >= 0.3 is 12.1 Å². The summed E-state index contributed by atoms with van der Waals surface area (Å²) in [5, 5.41) is 25.0. The van der Waals surface area contributed by atoms with Gasteiger partial charge in [-0.25, -0.2) is 4.79 Å². The van der Waals surface area contributed by atoms with Gasteiger partial charge in [0.15, 0.2) is 0 Å². The summed E-state index contributed by atoms with van der Waals surface area (Å²) in [6.45, 7) is 3.01. The minimum atomic E-state index is -1.55. The van der Waals surface area contributed by atoms with E-state index in [1.165, 1.54) is 53.4 Å². The molecule has 0 aromatic heterocycles. The molecule has 2 aliphatic rings. The number of hydrogen-bond donors (Lipinski definition) is 2. The van der Waals surface area contributed by atoms with Crippen molar-refractivity contribution in [3.05, 3.63) is 79.9 Å². The summed E-state index contributed by atoms with van der Waals surface area (Å²) in [4.78, 5) is 63.7. The Kier molecular flexibility index (Phi) is 9.08. The van der Waals surface area contributed by atoms with Gasteiger partial charge in [-0.3, -0.25) is 34.7 Å². The van der Waals surface area contributed by atoms with Crippen LogP contribution < -0.4 is 5.32 Å². The van der Waals surface area contributed by atoms with Crippen LogP contribution in [0, 0.1) is 26.1 Å². The molecule has 0 radical (unpaired) electrons. The van der Waals surface area contributed by atoms with E-state index in [4.69, 9.17) is 9.47 Å². The average molecular weight is 588 g/mol. The molecule has 2 amide bonds. The van der Waals surface area contributed by atoms with Crippen LogP contribution >= 0.6 is 12.6 Å². The molecule has 2 aromatic carbocycles. The fraction of sp³-hybridized carbons (Fsp3) is 0.423. The number of nitro groups is 2. The first kappa shape index (κ1) is 29.7. The number of rotatable bonds is 8. The second kappa shape index (κ2) is 12.5. The normalized spacial score (nSPS) is 22.2. The summed E-state index contributed by atoms with van der Waals surface area (Å²) in [6, 6.07) is 9.96. The quantitative estimate of drug-likeness (QED) is 0.202. The molecule has 2 aliphatic heterocycles. The van der Waals surface area contributed by atoms with Crippen LogP contribution in [0.15, 0.2) is 48.5 Å². The van der Waals surface area contributed by atoms with Crippen LogP contribution in [0.5, 0.6) is 0 Å². The van der Waals surface area contributed by atoms with Gasteiger partial charge in [-0.05, 0) is 35.4 Å². The number of nitrogens with zero attached hydrogens (tertiary/aromatic N) is 4. The second-order valence-electron chi connectivity index (χ2n) is 9.84. The zero-order chi connectivity index (χ0) is 29.7. The van der Waals surface area contributed by atoms with E-state index in [1.807, 2.05) is 0 Å². The third kappa shape index (κ3) is 6.57. The van der Waals surface area contributed by atoms with E-state index < -0.39 is 38.6 Å². The van der Waals surface area contributed by atoms with Crippen molar-refractivity contribution >= 4 is 42.0 Å². The molecule has 2 saturated heterocycles. The molecule has 15 heteroatoms. The first-order chi connectivity index (χ1) is 19.5. The highest BCUT2D eigenvalue weighted by atomic mass is 32.1. The number of benzene rings is 2. The molecular formula is C26H29N5O9S. The number of amides is 2. The predicted octanol–water partition coefficient (Wildman–Crippen LogP) is 2.30. The van der Waals surface area contributed by atoms with E-state index in [0.717, 1.165) is 0 Å². The molecule has 3 atom stereocenters. The zero-order valence-corrected chi connectivity index (χ0v) is 23.0. The van der Waals surface area contributed by atoms with Gasteiger partial charge in [0.2, 0.25) is 5.91 Å². The van der Waals surface area contributed by atoms with E-state index in [-0.39, 0.29) is 37.0 Å². The minimum Gasteiger partial charge on any atom is -0.460 e. The Morgan fingerprint density at radius 3 is 1.90 bits per heavy atom. The van der Waals surface area contributed by atoms with Crippen LogP contribution in [-0.2, 0) is 32.3 Å². The SMILES string of the molecule is CC1[C@@H](C(=O)N2CCNCC2)N(C(=O)OCc2ccc([N+](=O)[O-])cc2)C[C@]1(S)C(=O)OCc1ccc([N+](=O)[O-])cc1. The largest absolute Gasteiger partial charge is 0.460 e. The number of ether oxygens (including phenoxy) is 2. The Labute approximate surface area is 240 Å². The van der Waals surface area contributed by atoms with Gasteiger partial charge in [0, 0.05) is 56.4 Å². The Balaban J connectivity index is 1.50. The molecule has 2 aromatic rings. The fourth-order valence-corrected chi connectivity index (χ4v) is 5.17. The summed E-state index contributed by atoms with van der Waals surface area (Å²) < 4.78 is 9.39. The maximum Gasteiger partial charge on any atom is 0.410 e. The van der Waals surface area contributed by atoms with Crippen LogP contribution in [0.1, 0.15) is 18.1 Å².